The Morgan fingerprint density at radius 3 is 2.70 bits per heavy atom. The summed E-state index contributed by atoms with van der Waals surface area (Å²) in [5, 5.41) is 12.2. The van der Waals surface area contributed by atoms with Crippen LogP contribution < -0.4 is 5.32 Å². The highest BCUT2D eigenvalue weighted by Gasteiger charge is 2.21. The molecule has 2 atom stereocenters. The van der Waals surface area contributed by atoms with Crippen molar-refractivity contribution in [2.24, 2.45) is 0 Å². The van der Waals surface area contributed by atoms with Gasteiger partial charge in [-0.3, -0.25) is 4.79 Å². The summed E-state index contributed by atoms with van der Waals surface area (Å²) in [5.74, 6) is 0.447. The monoisotopic (exact) mass is 354 g/mol. The third-order valence-electron chi connectivity index (χ3n) is 3.26. The number of nitrogens with zero attached hydrogens (tertiary/aromatic N) is 3. The lowest BCUT2D eigenvalue weighted by Crippen LogP contribution is -2.37. The molecule has 0 spiro atoms. The van der Waals surface area contributed by atoms with Crippen molar-refractivity contribution in [2.75, 3.05) is 0 Å². The van der Waals surface area contributed by atoms with Gasteiger partial charge in [0, 0.05) is 6.04 Å². The van der Waals surface area contributed by atoms with E-state index in [-0.39, 0.29) is 17.2 Å². The predicted octanol–water partition coefficient (Wildman–Crippen LogP) is 3.60. The molecule has 6 nitrogen and oxygen atoms in total. The third kappa shape index (κ3) is 4.78. The van der Waals surface area contributed by atoms with Crippen molar-refractivity contribution in [1.82, 2.24) is 20.5 Å². The Balaban J connectivity index is 1.98. The minimum atomic E-state index is -0.285. The average Bonchev–Trinajstić information content (AvgIpc) is 3.05. The molecular formula is C15H22N4O2S2. The lowest BCUT2D eigenvalue weighted by Gasteiger charge is -2.15. The van der Waals surface area contributed by atoms with Crippen LogP contribution in [0.25, 0.3) is 10.8 Å². The van der Waals surface area contributed by atoms with Crippen LogP contribution in [0.1, 0.15) is 44.3 Å². The maximum atomic E-state index is 12.1. The van der Waals surface area contributed by atoms with Gasteiger partial charge in [-0.2, -0.15) is 0 Å². The zero-order valence-electron chi connectivity index (χ0n) is 14.0. The zero-order valence-corrected chi connectivity index (χ0v) is 15.7. The van der Waals surface area contributed by atoms with Crippen molar-refractivity contribution in [2.45, 2.75) is 64.0 Å². The van der Waals surface area contributed by atoms with Gasteiger partial charge < -0.3 is 9.73 Å². The van der Waals surface area contributed by atoms with Gasteiger partial charge in [0.05, 0.1) is 16.0 Å². The van der Waals surface area contributed by atoms with Gasteiger partial charge in [0.25, 0.3) is 11.1 Å². The first-order valence-corrected chi connectivity index (χ1v) is 9.35. The normalized spacial score (nSPS) is 13.8. The van der Waals surface area contributed by atoms with E-state index >= 15 is 0 Å². The molecule has 0 radical (unpaired) electrons. The fourth-order valence-corrected chi connectivity index (χ4v) is 3.68. The Kier molecular flexibility index (Phi) is 6.17. The Hall–Kier alpha value is -1.41. The van der Waals surface area contributed by atoms with E-state index in [2.05, 4.69) is 27.4 Å². The molecule has 1 N–H and O–H groups in total. The van der Waals surface area contributed by atoms with Gasteiger partial charge in [-0.15, -0.1) is 21.5 Å². The fourth-order valence-electron chi connectivity index (χ4n) is 2.15. The smallest absolute Gasteiger partial charge is 0.277 e. The zero-order chi connectivity index (χ0) is 17.0. The Morgan fingerprint density at radius 2 is 2.09 bits per heavy atom. The lowest BCUT2D eigenvalue weighted by molar-refractivity contribution is -0.120. The Labute approximate surface area is 144 Å². The van der Waals surface area contributed by atoms with Crippen molar-refractivity contribution in [1.29, 1.82) is 0 Å². The minimum Gasteiger partial charge on any atom is -0.410 e. The summed E-state index contributed by atoms with van der Waals surface area (Å²) in [4.78, 5) is 17.4. The van der Waals surface area contributed by atoms with Crippen LogP contribution in [0.4, 0.5) is 0 Å². The van der Waals surface area contributed by atoms with Crippen LogP contribution in [0.2, 0.25) is 0 Å². The molecule has 1 amide bonds. The quantitative estimate of drug-likeness (QED) is 0.765. The summed E-state index contributed by atoms with van der Waals surface area (Å²) in [7, 11) is 0. The first kappa shape index (κ1) is 17.9. The second-order valence-electron chi connectivity index (χ2n) is 5.48. The maximum absolute atomic E-state index is 12.1. The molecule has 8 heteroatoms. The van der Waals surface area contributed by atoms with Gasteiger partial charge in [-0.1, -0.05) is 25.1 Å². The Bertz CT molecular complexity index is 668. The van der Waals surface area contributed by atoms with E-state index in [4.69, 9.17) is 4.42 Å². The SMILES string of the molecule is CCCC(C)NC(=O)C(C)Sc1nnc(-c2sc(C)nc2C)o1. The number of carbonyl (C=O) groups excluding carboxylic acids is 1. The highest BCUT2D eigenvalue weighted by Crippen LogP contribution is 2.31. The van der Waals surface area contributed by atoms with E-state index in [1.54, 1.807) is 0 Å². The number of aryl methyl sites for hydroxylation is 2. The molecule has 2 aromatic heterocycles. The van der Waals surface area contributed by atoms with Gasteiger partial charge in [0.2, 0.25) is 5.91 Å². The van der Waals surface area contributed by atoms with Crippen LogP contribution in [0.15, 0.2) is 9.64 Å². The molecule has 0 saturated heterocycles. The highest BCUT2D eigenvalue weighted by molar-refractivity contribution is 8.00. The average molecular weight is 355 g/mol. The lowest BCUT2D eigenvalue weighted by atomic mass is 10.2. The number of rotatable bonds is 7. The molecule has 0 bridgehead atoms. The first-order valence-electron chi connectivity index (χ1n) is 7.65. The van der Waals surface area contributed by atoms with Crippen molar-refractivity contribution in [3.63, 3.8) is 0 Å². The van der Waals surface area contributed by atoms with Gasteiger partial charge in [0.15, 0.2) is 0 Å². The molecule has 0 aliphatic rings. The maximum Gasteiger partial charge on any atom is 0.277 e. The summed E-state index contributed by atoms with van der Waals surface area (Å²) < 4.78 is 5.67. The molecule has 2 unspecified atom stereocenters. The van der Waals surface area contributed by atoms with E-state index in [0.29, 0.717) is 11.1 Å². The summed E-state index contributed by atoms with van der Waals surface area (Å²) in [6.07, 6.45) is 2.02. The number of carbonyl (C=O) groups is 1. The van der Waals surface area contributed by atoms with Crippen molar-refractivity contribution in [3.05, 3.63) is 10.7 Å². The van der Waals surface area contributed by atoms with Crippen LogP contribution in [0.5, 0.6) is 0 Å². The molecular weight excluding hydrogens is 332 g/mol. The Morgan fingerprint density at radius 1 is 1.35 bits per heavy atom. The van der Waals surface area contributed by atoms with Gasteiger partial charge in [-0.05, 0) is 34.1 Å². The van der Waals surface area contributed by atoms with Crippen LogP contribution in [0, 0.1) is 13.8 Å². The number of thiazole rings is 1. The van der Waals surface area contributed by atoms with Crippen LogP contribution in [-0.4, -0.2) is 32.4 Å². The molecule has 0 saturated carbocycles. The number of hydrogen-bond donors (Lipinski definition) is 1. The molecule has 2 rings (SSSR count). The van der Waals surface area contributed by atoms with E-state index in [1.165, 1.54) is 23.1 Å². The molecule has 0 aliphatic carbocycles. The van der Waals surface area contributed by atoms with Crippen molar-refractivity contribution in [3.8, 4) is 10.8 Å². The second kappa shape index (κ2) is 7.92. The van der Waals surface area contributed by atoms with Crippen LogP contribution in [0.3, 0.4) is 0 Å². The van der Waals surface area contributed by atoms with Gasteiger partial charge in [0.1, 0.15) is 4.88 Å². The third-order valence-corrected chi connectivity index (χ3v) is 5.26. The van der Waals surface area contributed by atoms with Crippen LogP contribution >= 0.6 is 23.1 Å². The molecule has 126 valence electrons. The van der Waals surface area contributed by atoms with Crippen LogP contribution in [-0.2, 0) is 4.79 Å². The first-order chi connectivity index (χ1) is 10.9. The number of amides is 1. The van der Waals surface area contributed by atoms with Gasteiger partial charge >= 0.3 is 0 Å². The standard InChI is InChI=1S/C15H22N4O2S2/c1-6-7-8(2)16-13(20)10(4)22-15-19-18-14(21-15)12-9(3)17-11(5)23-12/h8,10H,6-7H2,1-5H3,(H,16,20). The molecule has 23 heavy (non-hydrogen) atoms. The molecule has 2 aromatic rings. The number of hydrogen-bond acceptors (Lipinski definition) is 7. The molecule has 2 heterocycles. The molecule has 0 aliphatic heterocycles. The molecule has 0 aromatic carbocycles. The highest BCUT2D eigenvalue weighted by atomic mass is 32.2. The number of nitrogens with one attached hydrogen (secondary N) is 1. The summed E-state index contributed by atoms with van der Waals surface area (Å²) in [6.45, 7) is 9.81. The van der Waals surface area contributed by atoms with E-state index < -0.39 is 0 Å². The number of thioether (sulfide) groups is 1. The summed E-state index contributed by atoms with van der Waals surface area (Å²) in [6, 6.07) is 0.177. The summed E-state index contributed by atoms with van der Waals surface area (Å²) >= 11 is 2.80. The molecule has 0 fully saturated rings. The van der Waals surface area contributed by atoms with Gasteiger partial charge in [-0.25, -0.2) is 4.98 Å². The minimum absolute atomic E-state index is 0.0134. The predicted molar refractivity (Wildman–Crippen MR) is 92.7 cm³/mol. The van der Waals surface area contributed by atoms with Crippen molar-refractivity contribution < 1.29 is 9.21 Å². The topological polar surface area (TPSA) is 80.9 Å². The number of aromatic nitrogens is 3. The summed E-state index contributed by atoms with van der Waals surface area (Å²) in [5.41, 5.74) is 0.881. The second-order valence-corrected chi connectivity index (χ2v) is 7.97. The van der Waals surface area contributed by atoms with E-state index in [9.17, 15) is 4.79 Å². The largest absolute Gasteiger partial charge is 0.410 e. The van der Waals surface area contributed by atoms with E-state index in [1.807, 2.05) is 27.7 Å². The van der Waals surface area contributed by atoms with E-state index in [0.717, 1.165) is 28.4 Å². The fraction of sp³-hybridized carbons (Fsp3) is 0.600. The van der Waals surface area contributed by atoms with Crippen molar-refractivity contribution >= 4 is 29.0 Å².